The third kappa shape index (κ3) is 8.59. The molecule has 1 aliphatic heterocycles. The van der Waals surface area contributed by atoms with Crippen molar-refractivity contribution in [2.45, 2.75) is 45.1 Å². The highest BCUT2D eigenvalue weighted by molar-refractivity contribution is 14.0. The molecule has 1 fully saturated rings. The van der Waals surface area contributed by atoms with Gasteiger partial charge in [0.25, 0.3) is 0 Å². The predicted octanol–water partition coefficient (Wildman–Crippen LogP) is 3.71. The van der Waals surface area contributed by atoms with Crippen LogP contribution in [0, 0.1) is 0 Å². The minimum absolute atomic E-state index is 0. The van der Waals surface area contributed by atoms with Crippen molar-refractivity contribution in [3.8, 4) is 0 Å². The first-order valence-electron chi connectivity index (χ1n) is 9.17. The van der Waals surface area contributed by atoms with Crippen LogP contribution in [0.15, 0.2) is 22.5 Å². The van der Waals surface area contributed by atoms with Crippen molar-refractivity contribution in [1.82, 2.24) is 10.6 Å². The molecule has 0 amide bonds. The number of anilines is 1. The topological polar surface area (TPSA) is 48.9 Å². The molecule has 1 saturated heterocycles. The molecule has 144 valence electrons. The van der Waals surface area contributed by atoms with Crippen molar-refractivity contribution in [3.05, 3.63) is 17.5 Å². The van der Waals surface area contributed by atoms with Gasteiger partial charge in [-0.1, -0.05) is 13.3 Å². The standard InChI is InChI=1S/C18H32N4OS.HI/c1-3-4-13-23-14-6-10-20-18(19-2)21-16-8-11-22(12-9-16)17-7-5-15-24-17;/h5,7,15-16H,3-4,6,8-14H2,1-2H3,(H2,19,20,21);1H. The van der Waals surface area contributed by atoms with Crippen LogP contribution in [-0.4, -0.2) is 51.9 Å². The van der Waals surface area contributed by atoms with Gasteiger partial charge in [-0.2, -0.15) is 0 Å². The molecule has 0 radical (unpaired) electrons. The molecule has 7 heteroatoms. The maximum atomic E-state index is 5.58. The molecule has 0 aliphatic carbocycles. The number of rotatable bonds is 9. The van der Waals surface area contributed by atoms with Gasteiger partial charge in [0, 0.05) is 45.9 Å². The van der Waals surface area contributed by atoms with Crippen LogP contribution in [0.25, 0.3) is 0 Å². The first-order valence-corrected chi connectivity index (χ1v) is 10.0. The van der Waals surface area contributed by atoms with E-state index in [1.807, 2.05) is 18.4 Å². The van der Waals surface area contributed by atoms with Crippen molar-refractivity contribution in [1.29, 1.82) is 0 Å². The molecule has 5 nitrogen and oxygen atoms in total. The summed E-state index contributed by atoms with van der Waals surface area (Å²) in [6.07, 6.45) is 5.67. The van der Waals surface area contributed by atoms with E-state index >= 15 is 0 Å². The Morgan fingerprint density at radius 2 is 2.08 bits per heavy atom. The van der Waals surface area contributed by atoms with E-state index in [2.05, 4.69) is 45.0 Å². The van der Waals surface area contributed by atoms with Gasteiger partial charge in [0.15, 0.2) is 5.96 Å². The summed E-state index contributed by atoms with van der Waals surface area (Å²) in [6.45, 7) is 7.02. The Bertz CT molecular complexity index is 462. The fraction of sp³-hybridized carbons (Fsp3) is 0.722. The molecule has 0 bridgehead atoms. The van der Waals surface area contributed by atoms with Crippen LogP contribution in [0.5, 0.6) is 0 Å². The first kappa shape index (κ1) is 22.5. The highest BCUT2D eigenvalue weighted by Gasteiger charge is 2.20. The molecule has 25 heavy (non-hydrogen) atoms. The van der Waals surface area contributed by atoms with E-state index in [0.717, 1.165) is 64.5 Å². The number of nitrogens with zero attached hydrogens (tertiary/aromatic N) is 2. The summed E-state index contributed by atoms with van der Waals surface area (Å²) in [5, 5.41) is 10.5. The van der Waals surface area contributed by atoms with E-state index in [-0.39, 0.29) is 24.0 Å². The summed E-state index contributed by atoms with van der Waals surface area (Å²) in [7, 11) is 1.84. The monoisotopic (exact) mass is 480 g/mol. The lowest BCUT2D eigenvalue weighted by Gasteiger charge is -2.33. The van der Waals surface area contributed by atoms with Gasteiger partial charge >= 0.3 is 0 Å². The minimum Gasteiger partial charge on any atom is -0.381 e. The summed E-state index contributed by atoms with van der Waals surface area (Å²) in [6, 6.07) is 4.84. The molecule has 0 atom stereocenters. The van der Waals surface area contributed by atoms with Crippen LogP contribution in [0.4, 0.5) is 5.00 Å². The van der Waals surface area contributed by atoms with Crippen molar-refractivity contribution >= 4 is 46.3 Å². The maximum absolute atomic E-state index is 5.58. The SMILES string of the molecule is CCCCOCCCNC(=NC)NC1CCN(c2cccs2)CC1.I. The zero-order chi connectivity index (χ0) is 17.0. The first-order chi connectivity index (χ1) is 11.8. The Balaban J connectivity index is 0.00000312. The van der Waals surface area contributed by atoms with Gasteiger partial charge in [-0.25, -0.2) is 0 Å². The quantitative estimate of drug-likeness (QED) is 0.245. The number of ether oxygens (including phenoxy) is 1. The van der Waals surface area contributed by atoms with E-state index in [0.29, 0.717) is 6.04 Å². The Morgan fingerprint density at radius 3 is 2.72 bits per heavy atom. The van der Waals surface area contributed by atoms with Crippen LogP contribution in [0.1, 0.15) is 39.0 Å². The second kappa shape index (κ2) is 13.6. The minimum atomic E-state index is 0. The highest BCUT2D eigenvalue weighted by Crippen LogP contribution is 2.24. The predicted molar refractivity (Wildman–Crippen MR) is 120 cm³/mol. The molecule has 0 spiro atoms. The molecule has 2 rings (SSSR count). The van der Waals surface area contributed by atoms with E-state index in [9.17, 15) is 0 Å². The number of hydrogen-bond donors (Lipinski definition) is 2. The van der Waals surface area contributed by atoms with Crippen LogP contribution in [-0.2, 0) is 4.74 Å². The average Bonchev–Trinajstić information content (AvgIpc) is 3.15. The second-order valence-corrected chi connectivity index (χ2v) is 7.10. The normalized spacial score (nSPS) is 15.8. The lowest BCUT2D eigenvalue weighted by Crippen LogP contribution is -2.48. The van der Waals surface area contributed by atoms with Gasteiger partial charge in [-0.3, -0.25) is 4.99 Å². The van der Waals surface area contributed by atoms with E-state index in [1.54, 1.807) is 0 Å². The summed E-state index contributed by atoms with van der Waals surface area (Å²) >= 11 is 1.83. The number of guanidine groups is 1. The molecule has 2 N–H and O–H groups in total. The van der Waals surface area contributed by atoms with Crippen molar-refractivity contribution < 1.29 is 4.74 Å². The van der Waals surface area contributed by atoms with Gasteiger partial charge in [-0.15, -0.1) is 35.3 Å². The molecular formula is C18H33IN4OS. The molecule has 1 aromatic rings. The summed E-state index contributed by atoms with van der Waals surface area (Å²) in [4.78, 5) is 6.82. The van der Waals surface area contributed by atoms with Crippen LogP contribution >= 0.6 is 35.3 Å². The van der Waals surface area contributed by atoms with Crippen molar-refractivity contribution in [2.75, 3.05) is 44.8 Å². The third-order valence-corrected chi connectivity index (χ3v) is 5.21. The molecule has 2 heterocycles. The van der Waals surface area contributed by atoms with E-state index < -0.39 is 0 Å². The number of thiophene rings is 1. The Hall–Kier alpha value is -0.540. The van der Waals surface area contributed by atoms with Crippen LogP contribution in [0.3, 0.4) is 0 Å². The van der Waals surface area contributed by atoms with Gasteiger partial charge < -0.3 is 20.3 Å². The molecule has 1 aromatic heterocycles. The van der Waals surface area contributed by atoms with E-state index in [4.69, 9.17) is 4.74 Å². The molecular weight excluding hydrogens is 447 g/mol. The Morgan fingerprint density at radius 1 is 1.32 bits per heavy atom. The lowest BCUT2D eigenvalue weighted by molar-refractivity contribution is 0.129. The van der Waals surface area contributed by atoms with Gasteiger partial charge in [0.1, 0.15) is 0 Å². The molecule has 0 unspecified atom stereocenters. The lowest BCUT2D eigenvalue weighted by atomic mass is 10.1. The second-order valence-electron chi connectivity index (χ2n) is 6.18. The average molecular weight is 480 g/mol. The number of aliphatic imine (C=N–C) groups is 1. The summed E-state index contributed by atoms with van der Waals surface area (Å²) < 4.78 is 5.58. The van der Waals surface area contributed by atoms with Crippen molar-refractivity contribution in [3.63, 3.8) is 0 Å². The molecule has 1 aliphatic rings. The largest absolute Gasteiger partial charge is 0.381 e. The van der Waals surface area contributed by atoms with Gasteiger partial charge in [-0.05, 0) is 43.2 Å². The fourth-order valence-electron chi connectivity index (χ4n) is 2.81. The Kier molecular flexibility index (Phi) is 12.3. The number of piperidine rings is 1. The number of nitrogens with one attached hydrogen (secondary N) is 2. The third-order valence-electron chi connectivity index (χ3n) is 4.28. The molecule has 0 saturated carbocycles. The van der Waals surface area contributed by atoms with Gasteiger partial charge in [0.2, 0.25) is 0 Å². The van der Waals surface area contributed by atoms with Gasteiger partial charge in [0.05, 0.1) is 5.00 Å². The zero-order valence-electron chi connectivity index (χ0n) is 15.5. The summed E-state index contributed by atoms with van der Waals surface area (Å²) in [5.74, 6) is 0.915. The smallest absolute Gasteiger partial charge is 0.191 e. The number of hydrogen-bond acceptors (Lipinski definition) is 4. The van der Waals surface area contributed by atoms with Crippen LogP contribution in [0.2, 0.25) is 0 Å². The zero-order valence-corrected chi connectivity index (χ0v) is 18.6. The van der Waals surface area contributed by atoms with Crippen molar-refractivity contribution in [2.24, 2.45) is 4.99 Å². The summed E-state index contributed by atoms with van der Waals surface area (Å²) in [5.41, 5.74) is 0. The maximum Gasteiger partial charge on any atom is 0.191 e. The highest BCUT2D eigenvalue weighted by atomic mass is 127. The number of unbranched alkanes of at least 4 members (excludes halogenated alkanes) is 1. The fourth-order valence-corrected chi connectivity index (χ4v) is 3.60. The Labute approximate surface area is 173 Å². The van der Waals surface area contributed by atoms with Crippen LogP contribution < -0.4 is 15.5 Å². The number of halogens is 1. The van der Waals surface area contributed by atoms with E-state index in [1.165, 1.54) is 11.4 Å². The molecule has 0 aromatic carbocycles.